The number of carbonyl (C=O) groups is 1. The number of nitrogens with two attached hydrogens (primary N) is 1. The van der Waals surface area contributed by atoms with Crippen molar-refractivity contribution in [1.82, 2.24) is 0 Å². The second-order valence-corrected chi connectivity index (χ2v) is 10.7. The monoisotopic (exact) mass is 514 g/mol. The maximum Gasteiger partial charge on any atom is 0.490 e. The molecule has 12 heteroatoms. The lowest BCUT2D eigenvalue weighted by atomic mass is 10.0. The van der Waals surface area contributed by atoms with Crippen LogP contribution in [0.25, 0.3) is 11.1 Å². The van der Waals surface area contributed by atoms with E-state index in [4.69, 9.17) is 11.1 Å². The molecule has 3 N–H and O–H groups in total. The van der Waals surface area contributed by atoms with Gasteiger partial charge in [0.1, 0.15) is 12.4 Å². The van der Waals surface area contributed by atoms with Crippen molar-refractivity contribution < 1.29 is 31.1 Å². The Bertz CT molecular complexity index is 1300. The molecule has 0 radical (unpaired) electrons. The Hall–Kier alpha value is -2.83. The van der Waals surface area contributed by atoms with Crippen molar-refractivity contribution in [1.29, 1.82) is 5.41 Å². The molecular formula is C21H17F3N2O4S3. The highest BCUT2D eigenvalue weighted by Crippen LogP contribution is 2.37. The lowest BCUT2D eigenvalue weighted by Gasteiger charge is -2.09. The number of nitrogens with one attached hydrogen (secondary N) is 1. The zero-order valence-electron chi connectivity index (χ0n) is 17.0. The van der Waals surface area contributed by atoms with Crippen LogP contribution in [0.15, 0.2) is 68.6 Å². The Morgan fingerprint density at radius 3 is 2.36 bits per heavy atom. The molecule has 2 aromatic carbocycles. The summed E-state index contributed by atoms with van der Waals surface area (Å²) in [6, 6.07) is 13.8. The zero-order valence-corrected chi connectivity index (χ0v) is 19.4. The van der Waals surface area contributed by atoms with E-state index in [0.29, 0.717) is 25.8 Å². The average Bonchev–Trinajstić information content (AvgIpc) is 3.23. The maximum atomic E-state index is 13.3. The minimum absolute atomic E-state index is 0.0476. The molecule has 0 fully saturated rings. The summed E-state index contributed by atoms with van der Waals surface area (Å²) < 4.78 is 68.0. The molecule has 33 heavy (non-hydrogen) atoms. The third-order valence-electron chi connectivity index (χ3n) is 4.44. The Morgan fingerprint density at radius 2 is 1.79 bits per heavy atom. The van der Waals surface area contributed by atoms with Gasteiger partial charge in [-0.05, 0) is 41.1 Å². The molecule has 3 rings (SSSR count). The van der Waals surface area contributed by atoms with E-state index in [0.717, 1.165) is 11.3 Å². The quantitative estimate of drug-likeness (QED) is 0.202. The van der Waals surface area contributed by atoms with E-state index >= 15 is 0 Å². The molecule has 0 bridgehead atoms. The molecular weight excluding hydrogens is 497 g/mol. The third kappa shape index (κ3) is 5.57. The highest BCUT2D eigenvalue weighted by atomic mass is 32.2. The van der Waals surface area contributed by atoms with E-state index in [-0.39, 0.29) is 15.6 Å². The summed E-state index contributed by atoms with van der Waals surface area (Å²) in [6.45, 7) is -0.541. The first-order chi connectivity index (χ1) is 15.4. The molecule has 0 amide bonds. The summed E-state index contributed by atoms with van der Waals surface area (Å²) in [4.78, 5) is 11.3. The number of hydrogen-bond donors (Lipinski definition) is 2. The van der Waals surface area contributed by atoms with Crippen molar-refractivity contribution in [3.05, 3.63) is 65.0 Å². The van der Waals surface area contributed by atoms with Gasteiger partial charge in [0.15, 0.2) is 0 Å². The zero-order chi connectivity index (χ0) is 24.4. The molecule has 0 atom stereocenters. The Kier molecular flexibility index (Phi) is 7.20. The van der Waals surface area contributed by atoms with Crippen LogP contribution in [0.3, 0.4) is 0 Å². The maximum absolute atomic E-state index is 13.3. The number of alkyl halides is 3. The molecule has 1 heterocycles. The third-order valence-corrected chi connectivity index (χ3v) is 8.78. The highest BCUT2D eigenvalue weighted by Gasteiger charge is 2.40. The average molecular weight is 515 g/mol. The molecule has 0 spiro atoms. The number of halogens is 3. The van der Waals surface area contributed by atoms with E-state index < -0.39 is 28.6 Å². The number of ether oxygens (including phenoxy) is 1. The fraction of sp³-hybridized carbons (Fsp3) is 0.143. The molecule has 1 aromatic heterocycles. The van der Waals surface area contributed by atoms with E-state index in [1.807, 2.05) is 0 Å². The second-order valence-electron chi connectivity index (χ2n) is 6.68. The van der Waals surface area contributed by atoms with E-state index in [2.05, 4.69) is 4.74 Å². The molecule has 0 saturated carbocycles. The molecule has 174 valence electrons. The van der Waals surface area contributed by atoms with Crippen LogP contribution in [0.4, 0.5) is 13.2 Å². The number of hydrogen-bond acceptors (Lipinski definition) is 7. The first kappa shape index (κ1) is 24.8. The first-order valence-electron chi connectivity index (χ1n) is 9.14. The van der Waals surface area contributed by atoms with Gasteiger partial charge in [-0.2, -0.15) is 13.2 Å². The summed E-state index contributed by atoms with van der Waals surface area (Å²) in [5.41, 5.74) is 7.05. The molecule has 0 aliphatic heterocycles. The Balaban J connectivity index is 1.87. The normalized spacial score (nSPS) is 11.9. The van der Waals surface area contributed by atoms with Gasteiger partial charge in [-0.15, -0.1) is 23.1 Å². The number of thiophene rings is 1. The topological polar surface area (TPSA) is 110 Å². The minimum atomic E-state index is -5.06. The number of sulfone groups is 1. The molecule has 6 nitrogen and oxygen atoms in total. The van der Waals surface area contributed by atoms with Crippen molar-refractivity contribution in [2.24, 2.45) is 5.73 Å². The van der Waals surface area contributed by atoms with Gasteiger partial charge >= 0.3 is 12.1 Å². The Labute approximate surface area is 196 Å². The standard InChI is InChI=1S/C21H17F3N2O4S3/c1-31-19-17(10-16(32-19)18(25)26)33(28,29)15-4-2-3-14(9-15)13-7-5-12(6-8-13)11-30-20(27)21(22,23)24/h2-10H,11H2,1H3,(H3,25,26). The number of thioether (sulfide) groups is 1. The van der Waals surface area contributed by atoms with Crippen molar-refractivity contribution in [2.75, 3.05) is 6.26 Å². The van der Waals surface area contributed by atoms with Crippen LogP contribution < -0.4 is 5.73 Å². The van der Waals surface area contributed by atoms with Gasteiger partial charge in [0, 0.05) is 0 Å². The smallest absolute Gasteiger partial charge is 0.454 e. The first-order valence-corrected chi connectivity index (χ1v) is 12.7. The number of nitrogen functional groups attached to an aromatic ring is 1. The van der Waals surface area contributed by atoms with Crippen LogP contribution in [0.5, 0.6) is 0 Å². The summed E-state index contributed by atoms with van der Waals surface area (Å²) in [7, 11) is -3.89. The predicted molar refractivity (Wildman–Crippen MR) is 120 cm³/mol. The molecule has 3 aromatic rings. The summed E-state index contributed by atoms with van der Waals surface area (Å²) in [5.74, 6) is -2.48. The summed E-state index contributed by atoms with van der Waals surface area (Å²) in [6.07, 6.45) is -3.33. The molecule has 0 unspecified atom stereocenters. The SMILES string of the molecule is CSc1sc(C(=N)N)cc1S(=O)(=O)c1cccc(-c2ccc(COC(=O)C(F)(F)F)cc2)c1. The van der Waals surface area contributed by atoms with Gasteiger partial charge in [0.05, 0.1) is 18.9 Å². The number of amidine groups is 1. The number of esters is 1. The predicted octanol–water partition coefficient (Wildman–Crippen LogP) is 4.86. The van der Waals surface area contributed by atoms with E-state index in [9.17, 15) is 26.4 Å². The number of carbonyl (C=O) groups excluding carboxylic acids is 1. The summed E-state index contributed by atoms with van der Waals surface area (Å²) >= 11 is 2.37. The van der Waals surface area contributed by atoms with Crippen LogP contribution in [0.1, 0.15) is 10.4 Å². The van der Waals surface area contributed by atoms with Crippen LogP contribution in [0.2, 0.25) is 0 Å². The van der Waals surface area contributed by atoms with Gasteiger partial charge in [0.2, 0.25) is 9.84 Å². The van der Waals surface area contributed by atoms with Gasteiger partial charge in [-0.25, -0.2) is 13.2 Å². The molecule has 0 aliphatic rings. The van der Waals surface area contributed by atoms with Crippen molar-refractivity contribution in [3.8, 4) is 11.1 Å². The van der Waals surface area contributed by atoms with Gasteiger partial charge in [0.25, 0.3) is 0 Å². The summed E-state index contributed by atoms with van der Waals surface area (Å²) in [5, 5.41) is 7.58. The number of benzene rings is 2. The van der Waals surface area contributed by atoms with Crippen molar-refractivity contribution in [3.63, 3.8) is 0 Å². The van der Waals surface area contributed by atoms with Crippen molar-refractivity contribution in [2.45, 2.75) is 26.8 Å². The van der Waals surface area contributed by atoms with Crippen LogP contribution >= 0.6 is 23.1 Å². The molecule has 0 aliphatic carbocycles. The van der Waals surface area contributed by atoms with Crippen LogP contribution in [-0.4, -0.2) is 32.7 Å². The van der Waals surface area contributed by atoms with Crippen LogP contribution in [-0.2, 0) is 26.0 Å². The molecule has 0 saturated heterocycles. The lowest BCUT2D eigenvalue weighted by molar-refractivity contribution is -0.201. The highest BCUT2D eigenvalue weighted by molar-refractivity contribution is 8.01. The van der Waals surface area contributed by atoms with Gasteiger partial charge in [-0.1, -0.05) is 36.4 Å². The minimum Gasteiger partial charge on any atom is -0.454 e. The second kappa shape index (κ2) is 9.57. The fourth-order valence-corrected chi connectivity index (χ4v) is 6.72. The fourth-order valence-electron chi connectivity index (χ4n) is 2.81. The van der Waals surface area contributed by atoms with E-state index in [1.165, 1.54) is 42.1 Å². The largest absolute Gasteiger partial charge is 0.490 e. The van der Waals surface area contributed by atoms with Crippen LogP contribution in [0, 0.1) is 5.41 Å². The number of rotatable bonds is 7. The Morgan fingerprint density at radius 1 is 1.12 bits per heavy atom. The van der Waals surface area contributed by atoms with Gasteiger partial charge in [-0.3, -0.25) is 5.41 Å². The van der Waals surface area contributed by atoms with Crippen molar-refractivity contribution >= 4 is 44.7 Å². The lowest BCUT2D eigenvalue weighted by Crippen LogP contribution is -2.25. The van der Waals surface area contributed by atoms with Gasteiger partial charge < -0.3 is 10.5 Å². The van der Waals surface area contributed by atoms with E-state index in [1.54, 1.807) is 30.5 Å².